The van der Waals surface area contributed by atoms with Crippen LogP contribution in [0.1, 0.15) is 17.5 Å². The molecule has 0 atom stereocenters. The Hall–Kier alpha value is -0.530. The summed E-state index contributed by atoms with van der Waals surface area (Å²) in [7, 11) is 0. The molecule has 1 fully saturated rings. The smallest absolute Gasteiger partial charge is 0.0408 e. The maximum absolute atomic E-state index is 5.97. The lowest BCUT2D eigenvalue weighted by Gasteiger charge is -2.27. The van der Waals surface area contributed by atoms with E-state index >= 15 is 0 Å². The Morgan fingerprint density at radius 2 is 2.21 bits per heavy atom. The first kappa shape index (κ1) is 10.0. The predicted molar refractivity (Wildman–Crippen MR) is 60.9 cm³/mol. The third-order valence-electron chi connectivity index (χ3n) is 3.00. The van der Waals surface area contributed by atoms with Gasteiger partial charge in [0.25, 0.3) is 0 Å². The van der Waals surface area contributed by atoms with Gasteiger partial charge in [0.05, 0.1) is 0 Å². The van der Waals surface area contributed by atoms with Gasteiger partial charge in [-0.3, -0.25) is 0 Å². The van der Waals surface area contributed by atoms with Crippen LogP contribution in [0.3, 0.4) is 0 Å². The van der Waals surface area contributed by atoms with E-state index in [-0.39, 0.29) is 0 Å². The summed E-state index contributed by atoms with van der Waals surface area (Å²) in [6, 6.07) is 6.17. The minimum Gasteiger partial charge on any atom is -0.316 e. The number of aryl methyl sites for hydroxylation is 2. The first-order valence-corrected chi connectivity index (χ1v) is 5.59. The highest BCUT2D eigenvalue weighted by Crippen LogP contribution is 2.19. The summed E-state index contributed by atoms with van der Waals surface area (Å²) in [6.07, 6.45) is 2.45. The van der Waals surface area contributed by atoms with Gasteiger partial charge in [0.1, 0.15) is 0 Å². The Morgan fingerprint density at radius 3 is 2.86 bits per heavy atom. The fourth-order valence-corrected chi connectivity index (χ4v) is 2.02. The van der Waals surface area contributed by atoms with Crippen molar-refractivity contribution in [3.8, 4) is 0 Å². The Kier molecular flexibility index (Phi) is 3.09. The summed E-state index contributed by atoms with van der Waals surface area (Å²) < 4.78 is 0. The first-order chi connectivity index (χ1) is 6.75. The molecular weight excluding hydrogens is 194 g/mol. The zero-order valence-corrected chi connectivity index (χ0v) is 9.27. The molecule has 1 saturated heterocycles. The highest BCUT2D eigenvalue weighted by atomic mass is 35.5. The Bertz CT molecular complexity index is 318. The van der Waals surface area contributed by atoms with Crippen molar-refractivity contribution in [2.24, 2.45) is 5.92 Å². The molecule has 0 saturated carbocycles. The van der Waals surface area contributed by atoms with E-state index in [0.29, 0.717) is 0 Å². The average Bonchev–Trinajstić information content (AvgIpc) is 2.08. The van der Waals surface area contributed by atoms with Crippen LogP contribution in [0.15, 0.2) is 18.2 Å². The summed E-state index contributed by atoms with van der Waals surface area (Å²) in [6.45, 7) is 4.55. The van der Waals surface area contributed by atoms with E-state index in [9.17, 15) is 0 Å². The third kappa shape index (κ3) is 2.28. The number of halogens is 1. The monoisotopic (exact) mass is 209 g/mol. The Morgan fingerprint density at radius 1 is 1.43 bits per heavy atom. The largest absolute Gasteiger partial charge is 0.316 e. The quantitative estimate of drug-likeness (QED) is 0.808. The molecule has 0 unspecified atom stereocenters. The van der Waals surface area contributed by atoms with Crippen molar-refractivity contribution < 1.29 is 0 Å². The molecule has 1 aromatic carbocycles. The molecule has 0 bridgehead atoms. The van der Waals surface area contributed by atoms with E-state index in [2.05, 4.69) is 24.4 Å². The fraction of sp³-hybridized carbons (Fsp3) is 0.500. The molecule has 1 nitrogen and oxygen atoms in total. The molecule has 1 aliphatic rings. The lowest BCUT2D eigenvalue weighted by Crippen LogP contribution is -2.42. The van der Waals surface area contributed by atoms with E-state index in [1.807, 2.05) is 6.07 Å². The van der Waals surface area contributed by atoms with Crippen molar-refractivity contribution in [3.63, 3.8) is 0 Å². The van der Waals surface area contributed by atoms with E-state index in [1.165, 1.54) is 37.1 Å². The molecule has 1 N–H and O–H groups in total. The second-order valence-corrected chi connectivity index (χ2v) is 4.57. The fourth-order valence-electron chi connectivity index (χ4n) is 1.82. The highest BCUT2D eigenvalue weighted by Gasteiger charge is 2.16. The number of nitrogens with one attached hydrogen (secondary N) is 1. The minimum absolute atomic E-state index is 0.859. The summed E-state index contributed by atoms with van der Waals surface area (Å²) in [4.78, 5) is 0. The Balaban J connectivity index is 1.96. The lowest BCUT2D eigenvalue weighted by molar-refractivity contribution is 0.327. The predicted octanol–water partition coefficient (Wildman–Crippen LogP) is 2.80. The highest BCUT2D eigenvalue weighted by molar-refractivity contribution is 6.30. The molecular formula is C12H16ClN. The maximum atomic E-state index is 5.97. The average molecular weight is 210 g/mol. The molecule has 14 heavy (non-hydrogen) atoms. The van der Waals surface area contributed by atoms with Crippen LogP contribution in [0.4, 0.5) is 0 Å². The SMILES string of the molecule is Cc1ccc(Cl)cc1CCC1CNC1. The van der Waals surface area contributed by atoms with E-state index < -0.39 is 0 Å². The molecule has 0 radical (unpaired) electrons. The summed E-state index contributed by atoms with van der Waals surface area (Å²) in [5, 5.41) is 4.16. The van der Waals surface area contributed by atoms with Gasteiger partial charge in [0.15, 0.2) is 0 Å². The van der Waals surface area contributed by atoms with Gasteiger partial charge in [0, 0.05) is 5.02 Å². The van der Waals surface area contributed by atoms with Crippen LogP contribution in [0, 0.1) is 12.8 Å². The van der Waals surface area contributed by atoms with Crippen molar-refractivity contribution in [2.45, 2.75) is 19.8 Å². The van der Waals surface area contributed by atoms with Crippen LogP contribution >= 0.6 is 11.6 Å². The molecule has 2 rings (SSSR count). The second kappa shape index (κ2) is 4.33. The summed E-state index contributed by atoms with van der Waals surface area (Å²) in [5.74, 6) is 0.883. The standard InChI is InChI=1S/C12H16ClN/c1-9-2-5-12(13)6-11(9)4-3-10-7-14-8-10/h2,5-6,10,14H,3-4,7-8H2,1H3. The van der Waals surface area contributed by atoms with Crippen LogP contribution in [-0.4, -0.2) is 13.1 Å². The lowest BCUT2D eigenvalue weighted by atomic mass is 9.93. The summed E-state index contributed by atoms with van der Waals surface area (Å²) in [5.41, 5.74) is 2.77. The van der Waals surface area contributed by atoms with E-state index in [4.69, 9.17) is 11.6 Å². The summed E-state index contributed by atoms with van der Waals surface area (Å²) >= 11 is 5.97. The van der Waals surface area contributed by atoms with Gasteiger partial charge in [-0.15, -0.1) is 0 Å². The van der Waals surface area contributed by atoms with Gasteiger partial charge >= 0.3 is 0 Å². The number of hydrogen-bond acceptors (Lipinski definition) is 1. The zero-order chi connectivity index (χ0) is 9.97. The van der Waals surface area contributed by atoms with Crippen LogP contribution in [0.25, 0.3) is 0 Å². The molecule has 0 aromatic heterocycles. The molecule has 1 aromatic rings. The Labute approximate surface area is 90.5 Å². The van der Waals surface area contributed by atoms with Gasteiger partial charge < -0.3 is 5.32 Å². The number of rotatable bonds is 3. The molecule has 0 spiro atoms. The van der Waals surface area contributed by atoms with Crippen molar-refractivity contribution >= 4 is 11.6 Å². The van der Waals surface area contributed by atoms with E-state index in [1.54, 1.807) is 0 Å². The maximum Gasteiger partial charge on any atom is 0.0408 e. The van der Waals surface area contributed by atoms with Gasteiger partial charge in [-0.25, -0.2) is 0 Å². The van der Waals surface area contributed by atoms with Crippen LogP contribution in [-0.2, 0) is 6.42 Å². The van der Waals surface area contributed by atoms with E-state index in [0.717, 1.165) is 10.9 Å². The third-order valence-corrected chi connectivity index (χ3v) is 3.23. The van der Waals surface area contributed by atoms with Gasteiger partial charge in [-0.05, 0) is 62.0 Å². The van der Waals surface area contributed by atoms with Gasteiger partial charge in [0.2, 0.25) is 0 Å². The van der Waals surface area contributed by atoms with Crippen molar-refractivity contribution in [3.05, 3.63) is 34.3 Å². The number of hydrogen-bond donors (Lipinski definition) is 1. The van der Waals surface area contributed by atoms with Crippen molar-refractivity contribution in [2.75, 3.05) is 13.1 Å². The van der Waals surface area contributed by atoms with Crippen LogP contribution in [0.5, 0.6) is 0 Å². The van der Waals surface area contributed by atoms with Gasteiger partial charge in [-0.2, -0.15) is 0 Å². The minimum atomic E-state index is 0.859. The van der Waals surface area contributed by atoms with Crippen molar-refractivity contribution in [1.29, 1.82) is 0 Å². The molecule has 0 aliphatic carbocycles. The second-order valence-electron chi connectivity index (χ2n) is 4.13. The number of benzene rings is 1. The first-order valence-electron chi connectivity index (χ1n) is 5.21. The topological polar surface area (TPSA) is 12.0 Å². The van der Waals surface area contributed by atoms with Crippen LogP contribution < -0.4 is 5.32 Å². The molecule has 0 amide bonds. The van der Waals surface area contributed by atoms with Crippen LogP contribution in [0.2, 0.25) is 5.02 Å². The zero-order valence-electron chi connectivity index (χ0n) is 8.52. The molecule has 1 heterocycles. The molecule has 1 aliphatic heterocycles. The molecule has 2 heteroatoms. The van der Waals surface area contributed by atoms with Gasteiger partial charge in [-0.1, -0.05) is 17.7 Å². The molecule has 76 valence electrons. The van der Waals surface area contributed by atoms with Crippen molar-refractivity contribution in [1.82, 2.24) is 5.32 Å². The normalized spacial score (nSPS) is 16.7.